The third kappa shape index (κ3) is 3.96. The van der Waals surface area contributed by atoms with Crippen molar-refractivity contribution < 1.29 is 13.9 Å². The highest BCUT2D eigenvalue weighted by molar-refractivity contribution is 9.10. The number of ketones is 1. The molecule has 0 fully saturated rings. The summed E-state index contributed by atoms with van der Waals surface area (Å²) in [5.74, 6) is 1.76. The molecule has 0 saturated heterocycles. The molecule has 2 rings (SSSR count). The van der Waals surface area contributed by atoms with Crippen LogP contribution in [-0.4, -0.2) is 12.9 Å². The molecule has 0 atom stereocenters. The Bertz CT molecular complexity index is 547. The summed E-state index contributed by atoms with van der Waals surface area (Å²) in [6.45, 7) is 0. The zero-order valence-electron chi connectivity index (χ0n) is 10.7. The van der Waals surface area contributed by atoms with Crippen LogP contribution in [0.3, 0.4) is 0 Å². The van der Waals surface area contributed by atoms with Crippen molar-refractivity contribution in [1.29, 1.82) is 0 Å². The predicted octanol–water partition coefficient (Wildman–Crippen LogP) is 3.80. The molecule has 4 heteroatoms. The summed E-state index contributed by atoms with van der Waals surface area (Å²) in [5, 5.41) is 0. The molecule has 1 heterocycles. The molecule has 0 spiro atoms. The molecule has 0 N–H and O–H groups in total. The van der Waals surface area contributed by atoms with Gasteiger partial charge >= 0.3 is 0 Å². The maximum atomic E-state index is 12.0. The highest BCUT2D eigenvalue weighted by Gasteiger charge is 2.10. The van der Waals surface area contributed by atoms with Gasteiger partial charge < -0.3 is 9.15 Å². The van der Waals surface area contributed by atoms with E-state index in [2.05, 4.69) is 15.9 Å². The molecule has 3 nitrogen and oxygen atoms in total. The summed E-state index contributed by atoms with van der Waals surface area (Å²) >= 11 is 3.40. The Morgan fingerprint density at radius 2 is 2.21 bits per heavy atom. The van der Waals surface area contributed by atoms with Crippen LogP contribution in [0.1, 0.15) is 17.7 Å². The van der Waals surface area contributed by atoms with Crippen LogP contribution in [0.15, 0.2) is 45.5 Å². The zero-order valence-corrected chi connectivity index (χ0v) is 12.3. The molecule has 19 heavy (non-hydrogen) atoms. The third-order valence-electron chi connectivity index (χ3n) is 2.86. The van der Waals surface area contributed by atoms with E-state index in [1.807, 2.05) is 30.3 Å². The van der Waals surface area contributed by atoms with Gasteiger partial charge in [0.1, 0.15) is 17.3 Å². The van der Waals surface area contributed by atoms with Gasteiger partial charge in [-0.2, -0.15) is 0 Å². The lowest BCUT2D eigenvalue weighted by Crippen LogP contribution is -2.05. The first-order valence-electron chi connectivity index (χ1n) is 6.05. The molecule has 0 aliphatic carbocycles. The lowest BCUT2D eigenvalue weighted by molar-refractivity contribution is -0.118. The monoisotopic (exact) mass is 322 g/mol. The number of hydrogen-bond acceptors (Lipinski definition) is 3. The average Bonchev–Trinajstić information content (AvgIpc) is 2.90. The van der Waals surface area contributed by atoms with Gasteiger partial charge in [-0.3, -0.25) is 4.79 Å². The van der Waals surface area contributed by atoms with Crippen molar-refractivity contribution in [2.75, 3.05) is 7.11 Å². The van der Waals surface area contributed by atoms with E-state index in [4.69, 9.17) is 9.15 Å². The zero-order chi connectivity index (χ0) is 13.7. The molecule has 0 radical (unpaired) electrons. The fourth-order valence-corrected chi connectivity index (χ4v) is 2.31. The van der Waals surface area contributed by atoms with E-state index in [9.17, 15) is 4.79 Å². The Balaban J connectivity index is 1.96. The van der Waals surface area contributed by atoms with Gasteiger partial charge in [-0.1, -0.05) is 15.9 Å². The first-order chi connectivity index (χ1) is 9.19. The largest absolute Gasteiger partial charge is 0.496 e. The molecule has 0 bridgehead atoms. The molecule has 0 unspecified atom stereocenters. The van der Waals surface area contributed by atoms with E-state index in [1.165, 1.54) is 0 Å². The second-order valence-corrected chi connectivity index (χ2v) is 5.17. The van der Waals surface area contributed by atoms with Crippen molar-refractivity contribution in [1.82, 2.24) is 0 Å². The van der Waals surface area contributed by atoms with Crippen LogP contribution in [0.5, 0.6) is 5.75 Å². The van der Waals surface area contributed by atoms with Crippen molar-refractivity contribution >= 4 is 21.7 Å². The number of Topliss-reactive ketones (excluding diaryl/α,β-unsaturated/α-hetero) is 1. The number of halogens is 1. The molecule has 0 amide bonds. The van der Waals surface area contributed by atoms with Crippen LogP contribution >= 0.6 is 15.9 Å². The number of hydrogen-bond donors (Lipinski definition) is 0. The van der Waals surface area contributed by atoms with E-state index in [1.54, 1.807) is 13.4 Å². The average molecular weight is 323 g/mol. The third-order valence-corrected chi connectivity index (χ3v) is 3.35. The summed E-state index contributed by atoms with van der Waals surface area (Å²) in [5.41, 5.74) is 0.904. The van der Waals surface area contributed by atoms with Crippen molar-refractivity contribution in [2.45, 2.75) is 19.3 Å². The molecule has 1 aromatic carbocycles. The number of benzene rings is 1. The standard InChI is InChI=1S/C15H15BrO3/c1-18-15-7-4-12(16)9-11(15)10-13(17)5-6-14-3-2-8-19-14/h2-4,7-9H,5-6,10H2,1H3. The van der Waals surface area contributed by atoms with Gasteiger partial charge in [0, 0.05) is 29.3 Å². The predicted molar refractivity (Wildman–Crippen MR) is 76.4 cm³/mol. The number of aryl methyl sites for hydroxylation is 1. The maximum absolute atomic E-state index is 12.0. The topological polar surface area (TPSA) is 39.4 Å². The van der Waals surface area contributed by atoms with Gasteiger partial charge in [0.15, 0.2) is 0 Å². The van der Waals surface area contributed by atoms with Gasteiger partial charge in [-0.05, 0) is 30.3 Å². The first-order valence-corrected chi connectivity index (χ1v) is 6.85. The van der Waals surface area contributed by atoms with E-state index < -0.39 is 0 Å². The van der Waals surface area contributed by atoms with Gasteiger partial charge in [-0.25, -0.2) is 0 Å². The van der Waals surface area contributed by atoms with Crippen molar-refractivity contribution in [2.24, 2.45) is 0 Å². The Labute approximate surface area is 120 Å². The molecule has 0 aliphatic heterocycles. The normalized spacial score (nSPS) is 10.4. The Morgan fingerprint density at radius 1 is 1.37 bits per heavy atom. The van der Waals surface area contributed by atoms with Crippen LogP contribution in [0.2, 0.25) is 0 Å². The Kier molecular flexibility index (Phi) is 4.80. The SMILES string of the molecule is COc1ccc(Br)cc1CC(=O)CCc1ccco1. The molecule has 0 saturated carbocycles. The Hall–Kier alpha value is -1.55. The second-order valence-electron chi connectivity index (χ2n) is 4.25. The van der Waals surface area contributed by atoms with Gasteiger partial charge in [0.2, 0.25) is 0 Å². The number of carbonyl (C=O) groups excluding carboxylic acids is 1. The summed E-state index contributed by atoms with van der Waals surface area (Å²) in [4.78, 5) is 12.0. The molecule has 2 aromatic rings. The summed E-state index contributed by atoms with van der Waals surface area (Å²) in [6.07, 6.45) is 3.12. The number of rotatable bonds is 6. The number of furan rings is 1. The van der Waals surface area contributed by atoms with Crippen LogP contribution < -0.4 is 4.74 Å². The fraction of sp³-hybridized carbons (Fsp3) is 0.267. The van der Waals surface area contributed by atoms with Gasteiger partial charge in [0.25, 0.3) is 0 Å². The molecule has 1 aromatic heterocycles. The molecule has 100 valence electrons. The maximum Gasteiger partial charge on any atom is 0.137 e. The number of methoxy groups -OCH3 is 1. The Morgan fingerprint density at radius 3 is 2.89 bits per heavy atom. The number of ether oxygens (including phenoxy) is 1. The fourth-order valence-electron chi connectivity index (χ4n) is 1.90. The highest BCUT2D eigenvalue weighted by Crippen LogP contribution is 2.24. The summed E-state index contributed by atoms with van der Waals surface area (Å²) in [6, 6.07) is 9.39. The smallest absolute Gasteiger partial charge is 0.137 e. The van der Waals surface area contributed by atoms with Crippen LogP contribution in [0.4, 0.5) is 0 Å². The quantitative estimate of drug-likeness (QED) is 0.812. The summed E-state index contributed by atoms with van der Waals surface area (Å²) < 4.78 is 11.4. The minimum absolute atomic E-state index is 0.174. The lowest BCUT2D eigenvalue weighted by atomic mass is 10.0. The van der Waals surface area contributed by atoms with Gasteiger partial charge in [0.05, 0.1) is 13.4 Å². The van der Waals surface area contributed by atoms with Crippen LogP contribution in [0.25, 0.3) is 0 Å². The van der Waals surface area contributed by atoms with Crippen molar-refractivity contribution in [3.63, 3.8) is 0 Å². The van der Waals surface area contributed by atoms with Crippen LogP contribution in [-0.2, 0) is 17.6 Å². The van der Waals surface area contributed by atoms with E-state index in [0.717, 1.165) is 21.5 Å². The van der Waals surface area contributed by atoms with E-state index in [-0.39, 0.29) is 5.78 Å². The lowest BCUT2D eigenvalue weighted by Gasteiger charge is -2.08. The van der Waals surface area contributed by atoms with Gasteiger partial charge in [-0.15, -0.1) is 0 Å². The van der Waals surface area contributed by atoms with Crippen molar-refractivity contribution in [3.05, 3.63) is 52.4 Å². The minimum Gasteiger partial charge on any atom is -0.496 e. The molecular weight excluding hydrogens is 308 g/mol. The summed E-state index contributed by atoms with van der Waals surface area (Å²) in [7, 11) is 1.61. The number of carbonyl (C=O) groups is 1. The van der Waals surface area contributed by atoms with E-state index >= 15 is 0 Å². The minimum atomic E-state index is 0.174. The highest BCUT2D eigenvalue weighted by atomic mass is 79.9. The first kappa shape index (κ1) is 13.9. The second kappa shape index (κ2) is 6.57. The van der Waals surface area contributed by atoms with E-state index in [0.29, 0.717) is 19.3 Å². The van der Waals surface area contributed by atoms with Crippen molar-refractivity contribution in [3.8, 4) is 5.75 Å². The molecular formula is C15H15BrO3. The van der Waals surface area contributed by atoms with Crippen LogP contribution in [0, 0.1) is 0 Å². The molecule has 0 aliphatic rings.